The first-order chi connectivity index (χ1) is 19.6. The Morgan fingerprint density at radius 1 is 0.860 bits per heavy atom. The first-order valence-electron chi connectivity index (χ1n) is 16.8. The van der Waals surface area contributed by atoms with Gasteiger partial charge >= 0.3 is 0 Å². The number of hydrogen-bond donors (Lipinski definition) is 2. The molecule has 0 amide bonds. The van der Waals surface area contributed by atoms with Crippen LogP contribution in [0.2, 0.25) is 0 Å². The van der Waals surface area contributed by atoms with Crippen LogP contribution in [-0.2, 0) is 0 Å². The van der Waals surface area contributed by atoms with Crippen molar-refractivity contribution in [2.45, 2.75) is 188 Å². The number of piperidine rings is 2. The van der Waals surface area contributed by atoms with E-state index in [2.05, 4.69) is 128 Å². The molecule has 8 nitrogen and oxygen atoms in total. The Morgan fingerprint density at radius 3 is 2.05 bits per heavy atom. The van der Waals surface area contributed by atoms with Crippen LogP contribution in [0.3, 0.4) is 0 Å². The SMILES string of the molecule is CC(C)(C)CC(C)(C)Nc1n[c]nc(N2C(C)(C)CC(N=CCCCCC[N]C3CC(C)(C)NC(C)(C)C3)CC2(C)C)n1. The van der Waals surface area contributed by atoms with Crippen LogP contribution in [0.15, 0.2) is 4.99 Å². The predicted octanol–water partition coefficient (Wildman–Crippen LogP) is 7.37. The van der Waals surface area contributed by atoms with Crippen molar-refractivity contribution in [2.75, 3.05) is 16.8 Å². The van der Waals surface area contributed by atoms with E-state index >= 15 is 0 Å². The Kier molecular flexibility index (Phi) is 11.0. The highest BCUT2D eigenvalue weighted by Crippen LogP contribution is 2.42. The van der Waals surface area contributed by atoms with Gasteiger partial charge < -0.3 is 15.5 Å². The summed E-state index contributed by atoms with van der Waals surface area (Å²) in [6.45, 7) is 30.5. The van der Waals surface area contributed by atoms with Crippen LogP contribution < -0.4 is 20.9 Å². The zero-order valence-corrected chi connectivity index (χ0v) is 30.0. The van der Waals surface area contributed by atoms with Crippen LogP contribution >= 0.6 is 0 Å². The van der Waals surface area contributed by atoms with E-state index in [0.717, 1.165) is 45.1 Å². The summed E-state index contributed by atoms with van der Waals surface area (Å²) in [4.78, 5) is 21.2. The van der Waals surface area contributed by atoms with E-state index in [4.69, 9.17) is 15.3 Å². The molecule has 0 saturated carbocycles. The minimum atomic E-state index is -0.156. The van der Waals surface area contributed by atoms with E-state index in [-0.39, 0.29) is 39.2 Å². The largest absolute Gasteiger partial charge is 0.349 e. The van der Waals surface area contributed by atoms with E-state index in [1.54, 1.807) is 0 Å². The molecule has 0 aliphatic carbocycles. The first kappa shape index (κ1) is 35.7. The van der Waals surface area contributed by atoms with Crippen LogP contribution in [0, 0.1) is 11.7 Å². The number of anilines is 2. The molecule has 244 valence electrons. The van der Waals surface area contributed by atoms with Crippen LogP contribution in [0.4, 0.5) is 11.9 Å². The third kappa shape index (κ3) is 11.3. The smallest absolute Gasteiger partial charge is 0.231 e. The van der Waals surface area contributed by atoms with Crippen molar-refractivity contribution < 1.29 is 0 Å². The number of aliphatic imine (C=N–C) groups is 1. The van der Waals surface area contributed by atoms with Crippen LogP contribution in [0.1, 0.15) is 148 Å². The molecule has 0 atom stereocenters. The Bertz CT molecular complexity index is 1030. The number of nitrogens with one attached hydrogen (secondary N) is 2. The predicted molar refractivity (Wildman–Crippen MR) is 182 cm³/mol. The van der Waals surface area contributed by atoms with Crippen molar-refractivity contribution in [1.29, 1.82) is 0 Å². The van der Waals surface area contributed by atoms with Crippen molar-refractivity contribution >= 4 is 18.1 Å². The maximum absolute atomic E-state index is 5.07. The van der Waals surface area contributed by atoms with E-state index in [0.29, 0.717) is 17.9 Å². The lowest BCUT2D eigenvalue weighted by Gasteiger charge is -2.54. The molecule has 8 heteroatoms. The van der Waals surface area contributed by atoms with Gasteiger partial charge in [-0.05, 0) is 132 Å². The molecule has 2 fully saturated rings. The van der Waals surface area contributed by atoms with Gasteiger partial charge in [0.05, 0.1) is 6.04 Å². The summed E-state index contributed by atoms with van der Waals surface area (Å²) < 4.78 is 0. The number of nitrogens with zero attached hydrogens (tertiary/aromatic N) is 6. The molecule has 0 spiro atoms. The minimum Gasteiger partial charge on any atom is -0.349 e. The summed E-state index contributed by atoms with van der Waals surface area (Å²) in [5.74, 6) is 1.27. The quantitative estimate of drug-likeness (QED) is 0.193. The summed E-state index contributed by atoms with van der Waals surface area (Å²) >= 11 is 0. The molecule has 2 saturated heterocycles. The fraction of sp³-hybridized carbons (Fsp3) is 0.886. The van der Waals surface area contributed by atoms with Crippen molar-refractivity contribution in [3.8, 4) is 0 Å². The molecule has 43 heavy (non-hydrogen) atoms. The summed E-state index contributed by atoms with van der Waals surface area (Å²) in [5, 5.41) is 12.4. The highest BCUT2D eigenvalue weighted by atomic mass is 15.4. The van der Waals surface area contributed by atoms with Crippen molar-refractivity contribution in [2.24, 2.45) is 10.4 Å². The summed E-state index contributed by atoms with van der Waals surface area (Å²) in [6, 6.07) is 0.765. The Labute approximate surface area is 264 Å². The molecule has 1 aromatic heterocycles. The normalized spacial score (nSPS) is 22.7. The molecule has 2 N–H and O–H groups in total. The molecular formula is C35H64N8. The second-order valence-electron chi connectivity index (χ2n) is 17.9. The zero-order chi connectivity index (χ0) is 32.3. The molecule has 2 aliphatic heterocycles. The fourth-order valence-electron chi connectivity index (χ4n) is 8.38. The van der Waals surface area contributed by atoms with Gasteiger partial charge in [-0.3, -0.25) is 4.99 Å². The van der Waals surface area contributed by atoms with Crippen LogP contribution in [-0.4, -0.2) is 67.5 Å². The van der Waals surface area contributed by atoms with Crippen LogP contribution in [0.25, 0.3) is 0 Å². The average Bonchev–Trinajstić information content (AvgIpc) is 2.75. The second-order valence-corrected chi connectivity index (χ2v) is 17.9. The van der Waals surface area contributed by atoms with Gasteiger partial charge in [-0.25, -0.2) is 5.32 Å². The van der Waals surface area contributed by atoms with Gasteiger partial charge in [0.2, 0.25) is 18.2 Å². The minimum absolute atomic E-state index is 0.145. The number of aromatic nitrogens is 3. The van der Waals surface area contributed by atoms with E-state index in [9.17, 15) is 0 Å². The average molecular weight is 597 g/mol. The fourth-order valence-corrected chi connectivity index (χ4v) is 8.38. The summed E-state index contributed by atoms with van der Waals surface area (Å²) in [6.07, 6.45) is 14.8. The highest BCUT2D eigenvalue weighted by molar-refractivity contribution is 5.57. The van der Waals surface area contributed by atoms with Gasteiger partial charge in [-0.1, -0.05) is 27.2 Å². The molecule has 0 unspecified atom stereocenters. The van der Waals surface area contributed by atoms with Crippen LogP contribution in [0.5, 0.6) is 0 Å². The standard InChI is InChI=1S/C35H64N8/c1-30(2,3)24-33(8,9)41-28-38-25-39-29(40-28)43-34(10,11)22-27(23-35(43,12)13)37-19-17-15-14-16-18-36-26-20-31(4,5)42-32(6,7)21-26/h19,26-27,42H,14-18,20-24H2,1-13H3,(H,38,39,40,41). The molecule has 1 aromatic rings. The van der Waals surface area contributed by atoms with Crippen molar-refractivity contribution in [1.82, 2.24) is 25.6 Å². The Balaban J connectivity index is 1.49. The molecule has 0 bridgehead atoms. The summed E-state index contributed by atoms with van der Waals surface area (Å²) in [5.41, 5.74) is 0.0676. The third-order valence-corrected chi connectivity index (χ3v) is 8.68. The molecule has 3 heterocycles. The van der Waals surface area contributed by atoms with Crippen molar-refractivity contribution in [3.05, 3.63) is 6.33 Å². The van der Waals surface area contributed by atoms with Gasteiger partial charge in [0, 0.05) is 40.3 Å². The Morgan fingerprint density at radius 2 is 1.47 bits per heavy atom. The van der Waals surface area contributed by atoms with Crippen molar-refractivity contribution in [3.63, 3.8) is 0 Å². The lowest BCUT2D eigenvalue weighted by Crippen LogP contribution is -2.62. The lowest BCUT2D eigenvalue weighted by atomic mass is 9.77. The highest BCUT2D eigenvalue weighted by Gasteiger charge is 2.47. The van der Waals surface area contributed by atoms with E-state index < -0.39 is 0 Å². The van der Waals surface area contributed by atoms with Gasteiger partial charge in [-0.15, -0.1) is 0 Å². The van der Waals surface area contributed by atoms with Gasteiger partial charge in [-0.2, -0.15) is 15.0 Å². The molecule has 2 radical (unpaired) electrons. The second kappa shape index (κ2) is 13.3. The Hall–Kier alpha value is -1.80. The van der Waals surface area contributed by atoms with Gasteiger partial charge in [0.25, 0.3) is 0 Å². The van der Waals surface area contributed by atoms with E-state index in [1.807, 2.05) is 0 Å². The lowest BCUT2D eigenvalue weighted by molar-refractivity contribution is 0.144. The third-order valence-electron chi connectivity index (χ3n) is 8.68. The molecular weight excluding hydrogens is 532 g/mol. The number of rotatable bonds is 12. The van der Waals surface area contributed by atoms with E-state index in [1.165, 1.54) is 19.3 Å². The summed E-state index contributed by atoms with van der Waals surface area (Å²) in [7, 11) is 0. The molecule has 3 rings (SSSR count). The maximum Gasteiger partial charge on any atom is 0.231 e. The van der Waals surface area contributed by atoms with Gasteiger partial charge in [0.1, 0.15) is 0 Å². The number of unbranched alkanes of at least 4 members (excludes halogenated alkanes) is 3. The topological polar surface area (TPSA) is 92.4 Å². The number of hydrogen-bond acceptors (Lipinski definition) is 7. The zero-order valence-electron chi connectivity index (χ0n) is 30.0. The maximum atomic E-state index is 5.07. The van der Waals surface area contributed by atoms with Gasteiger partial charge in [0.15, 0.2) is 0 Å². The molecule has 0 aromatic carbocycles. The first-order valence-corrected chi connectivity index (χ1v) is 16.8. The molecule has 2 aliphatic rings. The monoisotopic (exact) mass is 597 g/mol.